The maximum Gasteiger partial charge on any atom is 0.222 e. The highest BCUT2D eigenvalue weighted by Gasteiger charge is 2.43. The Morgan fingerprint density at radius 3 is 2.96 bits per heavy atom. The first-order chi connectivity index (χ1) is 12.1. The lowest BCUT2D eigenvalue weighted by Crippen LogP contribution is -2.47. The van der Waals surface area contributed by atoms with Crippen LogP contribution in [-0.4, -0.2) is 53.6 Å². The predicted molar refractivity (Wildman–Crippen MR) is 103 cm³/mol. The van der Waals surface area contributed by atoms with Gasteiger partial charge in [0.25, 0.3) is 0 Å². The Morgan fingerprint density at radius 1 is 1.40 bits per heavy atom. The molecule has 2 fully saturated rings. The van der Waals surface area contributed by atoms with Gasteiger partial charge in [-0.2, -0.15) is 0 Å². The van der Waals surface area contributed by atoms with E-state index < -0.39 is 0 Å². The van der Waals surface area contributed by atoms with Gasteiger partial charge in [-0.05, 0) is 63.9 Å². The molecule has 0 saturated carbocycles. The van der Waals surface area contributed by atoms with Crippen molar-refractivity contribution < 1.29 is 9.53 Å². The van der Waals surface area contributed by atoms with E-state index in [9.17, 15) is 4.79 Å². The van der Waals surface area contributed by atoms with Crippen molar-refractivity contribution in [1.82, 2.24) is 9.80 Å². The Morgan fingerprint density at radius 2 is 2.24 bits per heavy atom. The summed E-state index contributed by atoms with van der Waals surface area (Å²) in [5.74, 6) is 0.275. The third-order valence-electron chi connectivity index (χ3n) is 5.71. The maximum absolute atomic E-state index is 12.2. The Kier molecular flexibility index (Phi) is 6.53. The Labute approximate surface area is 156 Å². The summed E-state index contributed by atoms with van der Waals surface area (Å²) in [5, 5.41) is 2.16. The number of carbonyl (C=O) groups is 1. The largest absolute Gasteiger partial charge is 0.370 e. The highest BCUT2D eigenvalue weighted by atomic mass is 32.1. The summed E-state index contributed by atoms with van der Waals surface area (Å²) in [6.07, 6.45) is 6.42. The first kappa shape index (κ1) is 18.9. The highest BCUT2D eigenvalue weighted by Crippen LogP contribution is 2.39. The number of amides is 1. The number of carbonyl (C=O) groups excluding carboxylic acids is 1. The van der Waals surface area contributed by atoms with Gasteiger partial charge < -0.3 is 9.64 Å². The molecule has 0 aliphatic carbocycles. The Balaban J connectivity index is 1.48. The van der Waals surface area contributed by atoms with Crippen LogP contribution in [0, 0.1) is 0 Å². The van der Waals surface area contributed by atoms with Gasteiger partial charge in [0, 0.05) is 37.5 Å². The molecule has 1 aromatic rings. The maximum atomic E-state index is 12.2. The number of thiophene rings is 1. The average Bonchev–Trinajstić information content (AvgIpc) is 3.25. The summed E-state index contributed by atoms with van der Waals surface area (Å²) >= 11 is 1.84. The van der Waals surface area contributed by atoms with Gasteiger partial charge in [-0.3, -0.25) is 9.69 Å². The lowest BCUT2D eigenvalue weighted by atomic mass is 9.89. The SMILES string of the molecule is CCN(CC)C(=O)CC[C@H]1CC[C@]2(CCCN(Cc3cccs3)C2)O1. The minimum absolute atomic E-state index is 0.0401. The summed E-state index contributed by atoms with van der Waals surface area (Å²) in [7, 11) is 0. The fraction of sp³-hybridized carbons (Fsp3) is 0.750. The summed E-state index contributed by atoms with van der Waals surface area (Å²) in [5.41, 5.74) is 0.0401. The second kappa shape index (κ2) is 8.65. The molecule has 25 heavy (non-hydrogen) atoms. The van der Waals surface area contributed by atoms with Crippen LogP contribution in [0.3, 0.4) is 0 Å². The Hall–Kier alpha value is -0.910. The number of hydrogen-bond donors (Lipinski definition) is 0. The second-order valence-electron chi connectivity index (χ2n) is 7.46. The van der Waals surface area contributed by atoms with Crippen LogP contribution in [-0.2, 0) is 16.1 Å². The smallest absolute Gasteiger partial charge is 0.222 e. The molecular weight excluding hydrogens is 332 g/mol. The Bertz CT molecular complexity index is 544. The summed E-state index contributed by atoms with van der Waals surface area (Å²) in [6, 6.07) is 4.36. The van der Waals surface area contributed by atoms with Gasteiger partial charge in [0.2, 0.25) is 5.91 Å². The number of ether oxygens (including phenoxy) is 1. The van der Waals surface area contributed by atoms with Crippen molar-refractivity contribution in [2.24, 2.45) is 0 Å². The zero-order chi connectivity index (χ0) is 17.7. The van der Waals surface area contributed by atoms with Gasteiger partial charge in [0.15, 0.2) is 0 Å². The molecule has 1 amide bonds. The standard InChI is InChI=1S/C20H32N2O2S/c1-3-22(4-2)19(23)9-8-17-10-12-20(24-17)11-6-13-21(16-20)15-18-7-5-14-25-18/h5,7,14,17H,3-4,6,8-13,15-16H2,1-2H3/t17-,20-/m0/s1. The molecule has 1 aromatic heterocycles. The molecule has 3 rings (SSSR count). The molecule has 0 aromatic carbocycles. The normalized spacial score (nSPS) is 27.0. The van der Waals surface area contributed by atoms with E-state index in [1.54, 1.807) is 0 Å². The van der Waals surface area contributed by atoms with Gasteiger partial charge in [0.05, 0.1) is 11.7 Å². The molecule has 3 heterocycles. The van der Waals surface area contributed by atoms with E-state index in [-0.39, 0.29) is 17.6 Å². The molecule has 0 bridgehead atoms. The van der Waals surface area contributed by atoms with Crippen LogP contribution < -0.4 is 0 Å². The topological polar surface area (TPSA) is 32.8 Å². The van der Waals surface area contributed by atoms with Gasteiger partial charge in [-0.25, -0.2) is 0 Å². The van der Waals surface area contributed by atoms with E-state index in [1.807, 2.05) is 30.1 Å². The summed E-state index contributed by atoms with van der Waals surface area (Å²) < 4.78 is 6.53. The molecule has 0 radical (unpaired) electrons. The predicted octanol–water partition coefficient (Wildman–Crippen LogP) is 3.91. The van der Waals surface area contributed by atoms with Crippen LogP contribution in [0.25, 0.3) is 0 Å². The third kappa shape index (κ3) is 4.83. The van der Waals surface area contributed by atoms with Crippen LogP contribution >= 0.6 is 11.3 Å². The molecule has 5 heteroatoms. The highest BCUT2D eigenvalue weighted by molar-refractivity contribution is 7.09. The monoisotopic (exact) mass is 364 g/mol. The summed E-state index contributed by atoms with van der Waals surface area (Å²) in [6.45, 7) is 8.98. The van der Waals surface area contributed by atoms with E-state index in [4.69, 9.17) is 4.74 Å². The molecule has 1 spiro atoms. The fourth-order valence-corrected chi connectivity index (χ4v) is 5.11. The summed E-state index contributed by atoms with van der Waals surface area (Å²) in [4.78, 5) is 18.1. The number of piperidine rings is 1. The van der Waals surface area contributed by atoms with Crippen LogP contribution in [0.2, 0.25) is 0 Å². The van der Waals surface area contributed by atoms with Crippen molar-refractivity contribution >= 4 is 17.2 Å². The minimum atomic E-state index is 0.0401. The lowest BCUT2D eigenvalue weighted by molar-refractivity contribution is -0.132. The molecule has 2 atom stereocenters. The van der Waals surface area contributed by atoms with Crippen LogP contribution in [0.1, 0.15) is 57.2 Å². The minimum Gasteiger partial charge on any atom is -0.370 e. The number of hydrogen-bond acceptors (Lipinski definition) is 4. The molecule has 2 aliphatic rings. The zero-order valence-corrected chi connectivity index (χ0v) is 16.5. The molecule has 2 saturated heterocycles. The van der Waals surface area contributed by atoms with E-state index >= 15 is 0 Å². The lowest BCUT2D eigenvalue weighted by Gasteiger charge is -2.40. The molecule has 0 N–H and O–H groups in total. The van der Waals surface area contributed by atoms with Crippen molar-refractivity contribution in [3.05, 3.63) is 22.4 Å². The van der Waals surface area contributed by atoms with Gasteiger partial charge in [0.1, 0.15) is 0 Å². The van der Waals surface area contributed by atoms with Crippen LogP contribution in [0.4, 0.5) is 0 Å². The van der Waals surface area contributed by atoms with E-state index in [1.165, 1.54) is 24.3 Å². The molecule has 140 valence electrons. The van der Waals surface area contributed by atoms with E-state index in [0.29, 0.717) is 6.42 Å². The van der Waals surface area contributed by atoms with Crippen molar-refractivity contribution in [3.8, 4) is 0 Å². The van der Waals surface area contributed by atoms with Crippen LogP contribution in [0.15, 0.2) is 17.5 Å². The van der Waals surface area contributed by atoms with Crippen molar-refractivity contribution in [2.45, 2.75) is 70.6 Å². The van der Waals surface area contributed by atoms with E-state index in [2.05, 4.69) is 22.4 Å². The first-order valence-electron chi connectivity index (χ1n) is 9.84. The molecule has 4 nitrogen and oxygen atoms in total. The molecular formula is C20H32N2O2S. The van der Waals surface area contributed by atoms with Crippen molar-refractivity contribution in [3.63, 3.8) is 0 Å². The van der Waals surface area contributed by atoms with Crippen molar-refractivity contribution in [1.29, 1.82) is 0 Å². The molecule has 2 aliphatic heterocycles. The van der Waals surface area contributed by atoms with Gasteiger partial charge in [-0.15, -0.1) is 11.3 Å². The second-order valence-corrected chi connectivity index (χ2v) is 8.49. The molecule has 0 unspecified atom stereocenters. The van der Waals surface area contributed by atoms with E-state index in [0.717, 1.165) is 45.4 Å². The zero-order valence-electron chi connectivity index (χ0n) is 15.7. The first-order valence-corrected chi connectivity index (χ1v) is 10.7. The van der Waals surface area contributed by atoms with Crippen LogP contribution in [0.5, 0.6) is 0 Å². The fourth-order valence-electron chi connectivity index (χ4n) is 4.37. The van der Waals surface area contributed by atoms with Gasteiger partial charge in [-0.1, -0.05) is 6.07 Å². The number of rotatable bonds is 7. The average molecular weight is 365 g/mol. The number of nitrogens with zero attached hydrogens (tertiary/aromatic N) is 2. The third-order valence-corrected chi connectivity index (χ3v) is 6.57. The van der Waals surface area contributed by atoms with Crippen molar-refractivity contribution in [2.75, 3.05) is 26.2 Å². The quantitative estimate of drug-likeness (QED) is 0.735. The number of likely N-dealkylation sites (tertiary alicyclic amines) is 1. The van der Waals surface area contributed by atoms with Gasteiger partial charge >= 0.3 is 0 Å².